The van der Waals surface area contributed by atoms with Crippen LogP contribution in [0.15, 0.2) is 11.6 Å². The molecule has 216 valence electrons. The lowest BCUT2D eigenvalue weighted by Crippen LogP contribution is -2.68. The van der Waals surface area contributed by atoms with E-state index in [1.54, 1.807) is 13.8 Å². The summed E-state index contributed by atoms with van der Waals surface area (Å²) >= 11 is 0. The van der Waals surface area contributed by atoms with Crippen LogP contribution < -0.4 is 5.73 Å². The third-order valence-electron chi connectivity index (χ3n) is 12.3. The van der Waals surface area contributed by atoms with Crippen molar-refractivity contribution in [3.63, 3.8) is 0 Å². The van der Waals surface area contributed by atoms with E-state index in [2.05, 4.69) is 40.7 Å². The molecular formula is C31H51NO6. The zero-order chi connectivity index (χ0) is 28.2. The third kappa shape index (κ3) is 3.67. The number of carbonyl (C=O) groups excluding carboxylic acids is 1. The SMILES string of the molecule is CC(=O)OC(C1CC(C)C2C(O1)C(O)C1(N)C3CCC4C(C)(CCC(O)C4(C)C)C3=CCC21C)C(C)(C)O. The summed E-state index contributed by atoms with van der Waals surface area (Å²) in [6.45, 7) is 15.8. The number of carbonyl (C=O) groups is 1. The first-order chi connectivity index (χ1) is 17.4. The Morgan fingerprint density at radius 3 is 2.45 bits per heavy atom. The van der Waals surface area contributed by atoms with Gasteiger partial charge in [0, 0.05) is 12.8 Å². The van der Waals surface area contributed by atoms with Crippen LogP contribution in [0.4, 0.5) is 0 Å². The summed E-state index contributed by atoms with van der Waals surface area (Å²) in [5, 5.41) is 33.9. The summed E-state index contributed by atoms with van der Waals surface area (Å²) in [7, 11) is 0. The van der Waals surface area contributed by atoms with E-state index < -0.39 is 41.5 Å². The van der Waals surface area contributed by atoms with E-state index in [1.807, 2.05) is 0 Å². The van der Waals surface area contributed by atoms with E-state index in [9.17, 15) is 20.1 Å². The molecule has 0 amide bonds. The van der Waals surface area contributed by atoms with Gasteiger partial charge < -0.3 is 30.5 Å². The molecule has 0 aromatic rings. The lowest BCUT2D eigenvalue weighted by atomic mass is 9.42. The van der Waals surface area contributed by atoms with Crippen molar-refractivity contribution in [3.05, 3.63) is 11.6 Å². The van der Waals surface area contributed by atoms with Crippen LogP contribution in [0.2, 0.25) is 0 Å². The van der Waals surface area contributed by atoms with Crippen LogP contribution >= 0.6 is 0 Å². The minimum absolute atomic E-state index is 0.0435. The van der Waals surface area contributed by atoms with Crippen molar-refractivity contribution in [3.8, 4) is 0 Å². The van der Waals surface area contributed by atoms with Gasteiger partial charge in [-0.3, -0.25) is 4.79 Å². The summed E-state index contributed by atoms with van der Waals surface area (Å²) in [6.07, 6.45) is 4.40. The molecule has 12 atom stereocenters. The predicted octanol–water partition coefficient (Wildman–Crippen LogP) is 3.72. The van der Waals surface area contributed by atoms with Crippen LogP contribution in [0.5, 0.6) is 0 Å². The summed E-state index contributed by atoms with van der Waals surface area (Å²) in [5.74, 6) is 0.159. The fourth-order valence-electron chi connectivity index (χ4n) is 10.5. The molecule has 5 aliphatic rings. The van der Waals surface area contributed by atoms with Crippen molar-refractivity contribution < 1.29 is 29.6 Å². The van der Waals surface area contributed by atoms with E-state index in [0.29, 0.717) is 12.3 Å². The molecule has 5 rings (SSSR count). The number of aliphatic hydroxyl groups excluding tert-OH is 2. The number of fused-ring (bicyclic) bond motifs is 7. The lowest BCUT2D eigenvalue weighted by molar-refractivity contribution is -0.215. The standard InChI is InChI=1S/C31H51NO6/c1-16-15-20(26(28(5,6)36)37-17(2)33)38-24-23(16)30(8)14-11-18-19(31(30,32)25(24)35)9-10-21-27(3,4)22(34)12-13-29(18,21)7/h11,16,19-26,34-36H,9-10,12-15,32H2,1-8H3. The van der Waals surface area contributed by atoms with E-state index in [4.69, 9.17) is 15.2 Å². The molecule has 1 heterocycles. The number of aliphatic hydroxyl groups is 3. The molecule has 7 nitrogen and oxygen atoms in total. The molecule has 1 aliphatic heterocycles. The van der Waals surface area contributed by atoms with E-state index >= 15 is 0 Å². The number of rotatable bonds is 3. The Balaban J connectivity index is 1.51. The number of hydrogen-bond donors (Lipinski definition) is 4. The van der Waals surface area contributed by atoms with Crippen LogP contribution in [0.25, 0.3) is 0 Å². The van der Waals surface area contributed by atoms with Crippen LogP contribution in [0.1, 0.15) is 93.9 Å². The maximum Gasteiger partial charge on any atom is 0.303 e. The molecule has 3 saturated carbocycles. The van der Waals surface area contributed by atoms with Gasteiger partial charge in [0.2, 0.25) is 0 Å². The highest BCUT2D eigenvalue weighted by Crippen LogP contribution is 2.70. The van der Waals surface area contributed by atoms with Gasteiger partial charge in [-0.1, -0.05) is 46.3 Å². The molecule has 4 aliphatic carbocycles. The number of nitrogens with two attached hydrogens (primary N) is 1. The number of hydrogen-bond acceptors (Lipinski definition) is 7. The molecule has 1 saturated heterocycles. The molecule has 0 aromatic carbocycles. The van der Waals surface area contributed by atoms with E-state index in [-0.39, 0.29) is 40.1 Å². The Morgan fingerprint density at radius 1 is 1.18 bits per heavy atom. The van der Waals surface area contributed by atoms with Crippen molar-refractivity contribution in [1.82, 2.24) is 0 Å². The van der Waals surface area contributed by atoms with Crippen molar-refractivity contribution >= 4 is 5.97 Å². The molecule has 0 radical (unpaired) electrons. The molecule has 0 aromatic heterocycles. The van der Waals surface area contributed by atoms with Crippen molar-refractivity contribution in [2.45, 2.75) is 136 Å². The number of esters is 1. The normalized spacial score (nSPS) is 50.6. The van der Waals surface area contributed by atoms with Gasteiger partial charge in [0.15, 0.2) is 6.10 Å². The molecular weight excluding hydrogens is 482 g/mol. The maximum absolute atomic E-state index is 12.1. The first kappa shape index (κ1) is 28.5. The zero-order valence-electron chi connectivity index (χ0n) is 24.7. The summed E-state index contributed by atoms with van der Waals surface area (Å²) in [4.78, 5) is 11.9. The minimum atomic E-state index is -1.29. The topological polar surface area (TPSA) is 122 Å². The van der Waals surface area contributed by atoms with Crippen molar-refractivity contribution in [1.29, 1.82) is 0 Å². The molecule has 38 heavy (non-hydrogen) atoms. The molecule has 12 unspecified atom stereocenters. The molecule has 5 N–H and O–H groups in total. The second kappa shape index (κ2) is 8.75. The van der Waals surface area contributed by atoms with Gasteiger partial charge in [-0.05, 0) is 86.4 Å². The fraction of sp³-hybridized carbons (Fsp3) is 0.903. The Bertz CT molecular complexity index is 1000. The smallest absolute Gasteiger partial charge is 0.303 e. The Labute approximate surface area is 228 Å². The van der Waals surface area contributed by atoms with E-state index in [0.717, 1.165) is 32.1 Å². The number of allylic oxidation sites excluding steroid dienone is 1. The number of ether oxygens (including phenoxy) is 2. The van der Waals surface area contributed by atoms with Crippen LogP contribution in [0.3, 0.4) is 0 Å². The summed E-state index contributed by atoms with van der Waals surface area (Å²) < 4.78 is 12.2. The van der Waals surface area contributed by atoms with Gasteiger partial charge in [-0.2, -0.15) is 0 Å². The molecule has 0 bridgehead atoms. The summed E-state index contributed by atoms with van der Waals surface area (Å²) in [6, 6.07) is 0. The van der Waals surface area contributed by atoms with Gasteiger partial charge in [-0.25, -0.2) is 0 Å². The van der Waals surface area contributed by atoms with Gasteiger partial charge in [0.25, 0.3) is 0 Å². The highest BCUT2D eigenvalue weighted by Gasteiger charge is 2.73. The van der Waals surface area contributed by atoms with Gasteiger partial charge in [0.1, 0.15) is 0 Å². The second-order valence-corrected chi connectivity index (χ2v) is 15.2. The molecule has 7 heteroatoms. The first-order valence-corrected chi connectivity index (χ1v) is 14.8. The Morgan fingerprint density at radius 2 is 1.84 bits per heavy atom. The monoisotopic (exact) mass is 533 g/mol. The second-order valence-electron chi connectivity index (χ2n) is 15.2. The highest BCUT2D eigenvalue weighted by atomic mass is 16.6. The van der Waals surface area contributed by atoms with E-state index in [1.165, 1.54) is 12.5 Å². The van der Waals surface area contributed by atoms with Crippen molar-refractivity contribution in [2.75, 3.05) is 0 Å². The largest absolute Gasteiger partial charge is 0.457 e. The minimum Gasteiger partial charge on any atom is -0.457 e. The quantitative estimate of drug-likeness (QED) is 0.322. The molecule has 4 fully saturated rings. The first-order valence-electron chi connectivity index (χ1n) is 14.8. The molecule has 0 spiro atoms. The fourth-order valence-corrected chi connectivity index (χ4v) is 10.5. The van der Waals surface area contributed by atoms with Crippen LogP contribution in [0, 0.1) is 39.9 Å². The van der Waals surface area contributed by atoms with Gasteiger partial charge >= 0.3 is 5.97 Å². The third-order valence-corrected chi connectivity index (χ3v) is 12.3. The van der Waals surface area contributed by atoms with Gasteiger partial charge in [-0.15, -0.1) is 0 Å². The predicted molar refractivity (Wildman–Crippen MR) is 145 cm³/mol. The average molecular weight is 534 g/mol. The highest BCUT2D eigenvalue weighted by molar-refractivity contribution is 5.66. The van der Waals surface area contributed by atoms with Crippen LogP contribution in [-0.4, -0.2) is 62.9 Å². The van der Waals surface area contributed by atoms with Crippen LogP contribution in [-0.2, 0) is 14.3 Å². The van der Waals surface area contributed by atoms with Crippen molar-refractivity contribution in [2.24, 2.45) is 45.7 Å². The lowest BCUT2D eigenvalue weighted by Gasteiger charge is -2.64. The maximum atomic E-state index is 12.1. The Hall–Kier alpha value is -0.990. The summed E-state index contributed by atoms with van der Waals surface area (Å²) in [5.41, 5.74) is 6.19. The Kier molecular flexibility index (Phi) is 6.57. The zero-order valence-corrected chi connectivity index (χ0v) is 24.7. The van der Waals surface area contributed by atoms with Gasteiger partial charge in [0.05, 0.1) is 35.6 Å². The average Bonchev–Trinajstić information content (AvgIpc) is 2.98.